The maximum atomic E-state index is 11.8. The number of hydrogen-bond donors (Lipinski definition) is 1. The van der Waals surface area contributed by atoms with Gasteiger partial charge < -0.3 is 19.5 Å². The van der Waals surface area contributed by atoms with Gasteiger partial charge in [0.05, 0.1) is 36.4 Å². The number of rotatable bonds is 7. The molecule has 7 nitrogen and oxygen atoms in total. The SMILES string of the molecule is Cc1cccc(-c2csc(N3C[C@H]4CC3(C)[C@H]4C(=O)O)n2)c1OCc1ccc2c(c1C)CCN(C1COC1)C2. The third-order valence-electron chi connectivity index (χ3n) is 9.67. The second-order valence-electron chi connectivity index (χ2n) is 11.9. The van der Waals surface area contributed by atoms with Crippen LogP contribution in [-0.2, 0) is 29.1 Å². The molecule has 5 heterocycles. The predicted molar refractivity (Wildman–Crippen MR) is 152 cm³/mol. The van der Waals surface area contributed by atoms with E-state index < -0.39 is 5.97 Å². The molecule has 1 saturated carbocycles. The molecule has 3 aromatic rings. The van der Waals surface area contributed by atoms with Crippen LogP contribution in [0, 0.1) is 25.7 Å². The van der Waals surface area contributed by atoms with Gasteiger partial charge in [-0.3, -0.25) is 9.69 Å². The van der Waals surface area contributed by atoms with E-state index in [4.69, 9.17) is 14.5 Å². The summed E-state index contributed by atoms with van der Waals surface area (Å²) in [5.74, 6) is 0.0823. The van der Waals surface area contributed by atoms with Crippen LogP contribution in [0.15, 0.2) is 35.7 Å². The maximum Gasteiger partial charge on any atom is 0.309 e. The second kappa shape index (κ2) is 9.32. The number of benzene rings is 2. The second-order valence-corrected chi connectivity index (χ2v) is 12.7. The number of fused-ring (bicyclic) bond motifs is 2. The molecule has 5 aliphatic rings. The zero-order valence-electron chi connectivity index (χ0n) is 22.8. The van der Waals surface area contributed by atoms with E-state index in [1.54, 1.807) is 11.3 Å². The van der Waals surface area contributed by atoms with Crippen LogP contribution < -0.4 is 9.64 Å². The average molecular weight is 546 g/mol. The summed E-state index contributed by atoms with van der Waals surface area (Å²) in [4.78, 5) is 21.6. The van der Waals surface area contributed by atoms with Crippen LogP contribution in [0.2, 0.25) is 0 Å². The summed E-state index contributed by atoms with van der Waals surface area (Å²) in [6.45, 7) is 11.5. The van der Waals surface area contributed by atoms with E-state index in [0.717, 1.165) is 73.4 Å². The van der Waals surface area contributed by atoms with Crippen molar-refractivity contribution in [3.05, 3.63) is 63.5 Å². The Hall–Kier alpha value is -2.94. The summed E-state index contributed by atoms with van der Waals surface area (Å²) in [7, 11) is 0. The van der Waals surface area contributed by atoms with Crippen molar-refractivity contribution in [2.75, 3.05) is 31.2 Å². The number of anilines is 1. The predicted octanol–water partition coefficient (Wildman–Crippen LogP) is 5.06. The zero-order chi connectivity index (χ0) is 26.9. The van der Waals surface area contributed by atoms with Crippen LogP contribution in [0.3, 0.4) is 0 Å². The van der Waals surface area contributed by atoms with Crippen LogP contribution in [0.25, 0.3) is 11.3 Å². The van der Waals surface area contributed by atoms with Crippen LogP contribution >= 0.6 is 11.3 Å². The van der Waals surface area contributed by atoms with E-state index in [1.807, 2.05) is 6.07 Å². The van der Waals surface area contributed by atoms with E-state index >= 15 is 0 Å². The largest absolute Gasteiger partial charge is 0.488 e. The highest BCUT2D eigenvalue weighted by Gasteiger charge is 2.64. The lowest BCUT2D eigenvalue weighted by Crippen LogP contribution is -2.54. The Morgan fingerprint density at radius 1 is 1.26 bits per heavy atom. The standard InChI is InChI=1S/C31H35N3O4S/c1-18-5-4-6-25(26-17-39-30(32-26)34-13-22-11-31(34,3)27(22)29(35)36)28(18)38-14-21-8-7-20-12-33(23-15-37-16-23)10-9-24(20)19(21)2/h4-8,17,22-23,27H,9-16H2,1-3H3,(H,35,36)/t22-,27-,31?/m1/s1. The molecule has 4 fully saturated rings. The van der Waals surface area contributed by atoms with E-state index in [-0.39, 0.29) is 17.4 Å². The average Bonchev–Trinajstić information content (AvgIpc) is 3.55. The van der Waals surface area contributed by atoms with Crippen molar-refractivity contribution in [2.24, 2.45) is 11.8 Å². The Balaban J connectivity index is 1.10. The van der Waals surface area contributed by atoms with Crippen LogP contribution in [0.4, 0.5) is 5.13 Å². The summed E-state index contributed by atoms with van der Waals surface area (Å²) >= 11 is 1.59. The molecule has 3 saturated heterocycles. The van der Waals surface area contributed by atoms with Crippen molar-refractivity contribution in [1.82, 2.24) is 9.88 Å². The van der Waals surface area contributed by atoms with Crippen LogP contribution in [-0.4, -0.2) is 58.8 Å². The fraction of sp³-hybridized carbons (Fsp3) is 0.484. The van der Waals surface area contributed by atoms with E-state index in [2.05, 4.69) is 60.2 Å². The summed E-state index contributed by atoms with van der Waals surface area (Å²) in [6, 6.07) is 11.3. The molecule has 0 spiro atoms. The van der Waals surface area contributed by atoms with Gasteiger partial charge in [-0.1, -0.05) is 24.3 Å². The third kappa shape index (κ3) is 3.99. The molecular formula is C31H35N3O4S. The molecular weight excluding hydrogens is 510 g/mol. The van der Waals surface area contributed by atoms with Gasteiger partial charge in [0, 0.05) is 30.6 Å². The minimum Gasteiger partial charge on any atom is -0.488 e. The quantitative estimate of drug-likeness (QED) is 0.445. The fourth-order valence-corrected chi connectivity index (χ4v) is 8.26. The summed E-state index contributed by atoms with van der Waals surface area (Å²) < 4.78 is 12.0. The van der Waals surface area contributed by atoms with Crippen molar-refractivity contribution in [3.8, 4) is 17.0 Å². The van der Waals surface area contributed by atoms with Gasteiger partial charge in [-0.05, 0) is 73.4 Å². The van der Waals surface area contributed by atoms with Crippen molar-refractivity contribution in [1.29, 1.82) is 0 Å². The molecule has 0 amide bonds. The highest BCUT2D eigenvalue weighted by Crippen LogP contribution is 2.57. The molecule has 2 bridgehead atoms. The van der Waals surface area contributed by atoms with Gasteiger partial charge in [0.25, 0.3) is 0 Å². The maximum absolute atomic E-state index is 11.8. The number of para-hydroxylation sites is 1. The number of hydrogen-bond acceptors (Lipinski definition) is 7. The van der Waals surface area contributed by atoms with Crippen molar-refractivity contribution >= 4 is 22.4 Å². The fourth-order valence-electron chi connectivity index (χ4n) is 7.30. The number of aryl methyl sites for hydroxylation is 1. The van der Waals surface area contributed by atoms with Crippen LogP contribution in [0.1, 0.15) is 41.2 Å². The number of aromatic nitrogens is 1. The van der Waals surface area contributed by atoms with Crippen molar-refractivity contribution in [3.63, 3.8) is 0 Å². The first-order valence-electron chi connectivity index (χ1n) is 13.9. The van der Waals surface area contributed by atoms with E-state index in [9.17, 15) is 9.90 Å². The Kier molecular flexibility index (Phi) is 5.99. The van der Waals surface area contributed by atoms with Crippen molar-refractivity contribution in [2.45, 2.75) is 58.3 Å². The number of thiazole rings is 1. The minimum absolute atomic E-state index is 0.216. The normalized spacial score (nSPS) is 26.2. The highest BCUT2D eigenvalue weighted by atomic mass is 32.1. The first kappa shape index (κ1) is 25.1. The van der Waals surface area contributed by atoms with Gasteiger partial charge >= 0.3 is 5.97 Å². The molecule has 39 heavy (non-hydrogen) atoms. The minimum atomic E-state index is -0.690. The van der Waals surface area contributed by atoms with Gasteiger partial charge in [0.1, 0.15) is 12.4 Å². The first-order chi connectivity index (χ1) is 18.8. The third-order valence-corrected chi connectivity index (χ3v) is 10.5. The van der Waals surface area contributed by atoms with Gasteiger partial charge in [0.2, 0.25) is 0 Å². The van der Waals surface area contributed by atoms with Gasteiger partial charge in [-0.25, -0.2) is 4.98 Å². The molecule has 3 atom stereocenters. The molecule has 204 valence electrons. The Labute approximate surface area is 233 Å². The smallest absolute Gasteiger partial charge is 0.309 e. The number of carboxylic acids is 1. The number of carbonyl (C=O) groups is 1. The monoisotopic (exact) mass is 545 g/mol. The van der Waals surface area contributed by atoms with Gasteiger partial charge in [-0.2, -0.15) is 0 Å². The summed E-state index contributed by atoms with van der Waals surface area (Å²) in [5, 5.41) is 12.7. The molecule has 1 N–H and O–H groups in total. The number of nitrogens with zero attached hydrogens (tertiary/aromatic N) is 3. The molecule has 8 rings (SSSR count). The molecule has 1 unspecified atom stereocenters. The lowest BCUT2D eigenvalue weighted by atomic mass is 9.64. The van der Waals surface area contributed by atoms with Gasteiger partial charge in [-0.15, -0.1) is 11.3 Å². The van der Waals surface area contributed by atoms with Crippen molar-refractivity contribution < 1.29 is 19.4 Å². The molecule has 8 heteroatoms. The Morgan fingerprint density at radius 3 is 2.85 bits per heavy atom. The first-order valence-corrected chi connectivity index (χ1v) is 14.8. The molecule has 4 aliphatic heterocycles. The number of carboxylic acid groups (broad SMARTS) is 1. The molecule has 1 aromatic heterocycles. The summed E-state index contributed by atoms with van der Waals surface area (Å²) in [5.41, 5.74) is 8.08. The Bertz CT molecular complexity index is 1450. The van der Waals surface area contributed by atoms with E-state index in [1.165, 1.54) is 22.3 Å². The van der Waals surface area contributed by atoms with E-state index in [0.29, 0.717) is 12.6 Å². The summed E-state index contributed by atoms with van der Waals surface area (Å²) in [6.07, 6.45) is 1.99. The lowest BCUT2D eigenvalue weighted by Gasteiger charge is -2.44. The molecule has 2 aromatic carbocycles. The lowest BCUT2D eigenvalue weighted by molar-refractivity contribution is -0.149. The molecule has 0 radical (unpaired) electrons. The van der Waals surface area contributed by atoms with Crippen LogP contribution in [0.5, 0.6) is 5.75 Å². The topological polar surface area (TPSA) is 75.1 Å². The zero-order valence-corrected chi connectivity index (χ0v) is 23.6. The highest BCUT2D eigenvalue weighted by molar-refractivity contribution is 7.14. The number of ether oxygens (including phenoxy) is 2. The van der Waals surface area contributed by atoms with Gasteiger partial charge in [0.15, 0.2) is 5.13 Å². The Morgan fingerprint density at radius 2 is 2.10 bits per heavy atom. The molecule has 1 aliphatic carbocycles. The number of aliphatic carboxylic acids is 1.